The molecule has 1 aliphatic heterocycles. The quantitative estimate of drug-likeness (QED) is 0.809. The summed E-state index contributed by atoms with van der Waals surface area (Å²) in [7, 11) is 2.10. The second kappa shape index (κ2) is 5.27. The highest BCUT2D eigenvalue weighted by Gasteiger charge is 2.22. The third-order valence-electron chi connectivity index (χ3n) is 3.02. The molecule has 1 aliphatic rings. The van der Waals surface area contributed by atoms with Gasteiger partial charge in [-0.1, -0.05) is 5.16 Å². The largest absolute Gasteiger partial charge is 0.481 e. The first kappa shape index (κ1) is 12.0. The maximum atomic E-state index is 10.4. The number of carbonyl (C=O) groups is 1. The average molecular weight is 239 g/mol. The molecule has 0 bridgehead atoms. The van der Waals surface area contributed by atoms with E-state index in [0.717, 1.165) is 25.9 Å². The van der Waals surface area contributed by atoms with E-state index >= 15 is 0 Å². The third-order valence-corrected chi connectivity index (χ3v) is 3.02. The van der Waals surface area contributed by atoms with Gasteiger partial charge in [0.25, 0.3) is 0 Å². The van der Waals surface area contributed by atoms with Crippen molar-refractivity contribution in [3.8, 4) is 0 Å². The summed E-state index contributed by atoms with van der Waals surface area (Å²) in [5.41, 5.74) is 0. The van der Waals surface area contributed by atoms with Crippen molar-refractivity contribution >= 4 is 5.97 Å². The highest BCUT2D eigenvalue weighted by atomic mass is 16.5. The minimum atomic E-state index is -0.839. The Hall–Kier alpha value is -1.43. The Kier molecular flexibility index (Phi) is 3.73. The number of nitrogens with zero attached hydrogens (tertiary/aromatic N) is 3. The Morgan fingerprint density at radius 2 is 2.47 bits per heavy atom. The molecule has 1 saturated heterocycles. The third kappa shape index (κ3) is 3.52. The van der Waals surface area contributed by atoms with Crippen molar-refractivity contribution < 1.29 is 14.4 Å². The van der Waals surface area contributed by atoms with Crippen LogP contribution in [0.15, 0.2) is 4.52 Å². The molecule has 1 N–H and O–H groups in total. The second-order valence-electron chi connectivity index (χ2n) is 4.62. The van der Waals surface area contributed by atoms with Crippen molar-refractivity contribution in [2.24, 2.45) is 5.92 Å². The minimum absolute atomic E-state index is 0.0468. The Labute approximate surface area is 99.6 Å². The fraction of sp³-hybridized carbons (Fsp3) is 0.727. The van der Waals surface area contributed by atoms with Crippen LogP contribution in [-0.4, -0.2) is 46.3 Å². The van der Waals surface area contributed by atoms with E-state index < -0.39 is 5.97 Å². The Bertz CT molecular complexity index is 391. The second-order valence-corrected chi connectivity index (χ2v) is 4.62. The van der Waals surface area contributed by atoms with Gasteiger partial charge in [-0.3, -0.25) is 4.79 Å². The Morgan fingerprint density at radius 1 is 1.65 bits per heavy atom. The Morgan fingerprint density at radius 3 is 3.12 bits per heavy atom. The molecule has 94 valence electrons. The lowest BCUT2D eigenvalue weighted by Gasteiger charge is -2.06. The summed E-state index contributed by atoms with van der Waals surface area (Å²) < 4.78 is 5.12. The van der Waals surface area contributed by atoms with Gasteiger partial charge in [-0.15, -0.1) is 0 Å². The number of rotatable bonds is 5. The van der Waals surface area contributed by atoms with Crippen LogP contribution < -0.4 is 0 Å². The fourth-order valence-corrected chi connectivity index (χ4v) is 2.13. The van der Waals surface area contributed by atoms with Crippen molar-refractivity contribution in [3.63, 3.8) is 0 Å². The van der Waals surface area contributed by atoms with Gasteiger partial charge in [-0.2, -0.15) is 4.98 Å². The van der Waals surface area contributed by atoms with Crippen LogP contribution in [0.25, 0.3) is 0 Å². The van der Waals surface area contributed by atoms with Crippen LogP contribution in [0.1, 0.15) is 24.6 Å². The van der Waals surface area contributed by atoms with Crippen molar-refractivity contribution in [3.05, 3.63) is 11.7 Å². The Balaban J connectivity index is 1.83. The molecule has 2 heterocycles. The highest BCUT2D eigenvalue weighted by molar-refractivity contribution is 5.66. The molecule has 0 radical (unpaired) electrons. The normalized spacial score (nSPS) is 20.9. The van der Waals surface area contributed by atoms with Crippen LogP contribution in [0.4, 0.5) is 0 Å². The van der Waals surface area contributed by atoms with E-state index in [0.29, 0.717) is 24.1 Å². The van der Waals surface area contributed by atoms with E-state index in [9.17, 15) is 4.79 Å². The average Bonchev–Trinajstić information content (AvgIpc) is 2.86. The van der Waals surface area contributed by atoms with E-state index in [1.807, 2.05) is 0 Å². The molecule has 0 aromatic carbocycles. The molecule has 2 rings (SSSR count). The maximum Gasteiger partial charge on any atom is 0.303 e. The van der Waals surface area contributed by atoms with Crippen LogP contribution in [0, 0.1) is 5.92 Å². The zero-order valence-corrected chi connectivity index (χ0v) is 9.93. The van der Waals surface area contributed by atoms with Gasteiger partial charge in [0.15, 0.2) is 5.82 Å². The zero-order chi connectivity index (χ0) is 12.3. The highest BCUT2D eigenvalue weighted by Crippen LogP contribution is 2.18. The standard InChI is InChI=1S/C11H17N3O3/c1-14-5-4-8(7-14)6-10-12-9(13-17-10)2-3-11(15)16/h8H,2-7H2,1H3,(H,15,16). The molecule has 0 aliphatic carbocycles. The molecule has 1 aromatic heterocycles. The first-order valence-electron chi connectivity index (χ1n) is 5.85. The van der Waals surface area contributed by atoms with Crippen LogP contribution in [0.2, 0.25) is 0 Å². The number of hydrogen-bond acceptors (Lipinski definition) is 5. The summed E-state index contributed by atoms with van der Waals surface area (Å²) in [6, 6.07) is 0. The predicted molar refractivity (Wildman–Crippen MR) is 59.6 cm³/mol. The molecule has 0 saturated carbocycles. The molecule has 1 aromatic rings. The number of carboxylic acid groups (broad SMARTS) is 1. The molecular formula is C11H17N3O3. The SMILES string of the molecule is CN1CCC(Cc2nc(CCC(=O)O)no2)C1. The molecular weight excluding hydrogens is 222 g/mol. The first-order chi connectivity index (χ1) is 8.13. The van der Waals surface area contributed by atoms with Crippen molar-refractivity contribution in [1.82, 2.24) is 15.0 Å². The van der Waals surface area contributed by atoms with Gasteiger partial charge in [0, 0.05) is 19.4 Å². The van der Waals surface area contributed by atoms with E-state index in [4.69, 9.17) is 9.63 Å². The van der Waals surface area contributed by atoms with Crippen molar-refractivity contribution in [2.45, 2.75) is 25.7 Å². The van der Waals surface area contributed by atoms with Crippen LogP contribution in [0.5, 0.6) is 0 Å². The lowest BCUT2D eigenvalue weighted by Crippen LogP contribution is -2.15. The number of aryl methyl sites for hydroxylation is 1. The summed E-state index contributed by atoms with van der Waals surface area (Å²) in [6.07, 6.45) is 2.34. The lowest BCUT2D eigenvalue weighted by atomic mass is 10.1. The van der Waals surface area contributed by atoms with Crippen molar-refractivity contribution in [1.29, 1.82) is 0 Å². The van der Waals surface area contributed by atoms with E-state index in [2.05, 4.69) is 22.1 Å². The minimum Gasteiger partial charge on any atom is -0.481 e. The molecule has 1 fully saturated rings. The summed E-state index contributed by atoms with van der Waals surface area (Å²) in [4.78, 5) is 16.9. The van der Waals surface area contributed by atoms with Crippen LogP contribution in [0.3, 0.4) is 0 Å². The summed E-state index contributed by atoms with van der Waals surface area (Å²) in [6.45, 7) is 2.18. The maximum absolute atomic E-state index is 10.4. The molecule has 6 nitrogen and oxygen atoms in total. The molecule has 0 spiro atoms. The topological polar surface area (TPSA) is 79.5 Å². The van der Waals surface area contributed by atoms with E-state index in [1.54, 1.807) is 0 Å². The molecule has 6 heteroatoms. The number of aliphatic carboxylic acids is 1. The first-order valence-corrected chi connectivity index (χ1v) is 5.85. The van der Waals surface area contributed by atoms with Gasteiger partial charge < -0.3 is 14.5 Å². The van der Waals surface area contributed by atoms with Crippen LogP contribution >= 0.6 is 0 Å². The van der Waals surface area contributed by atoms with E-state index in [1.165, 1.54) is 0 Å². The van der Waals surface area contributed by atoms with Crippen LogP contribution in [-0.2, 0) is 17.6 Å². The van der Waals surface area contributed by atoms with Gasteiger partial charge in [-0.25, -0.2) is 0 Å². The van der Waals surface area contributed by atoms with Gasteiger partial charge in [0.1, 0.15) is 0 Å². The van der Waals surface area contributed by atoms with Crippen molar-refractivity contribution in [2.75, 3.05) is 20.1 Å². The number of carboxylic acids is 1. The van der Waals surface area contributed by atoms with E-state index in [-0.39, 0.29) is 6.42 Å². The number of hydrogen-bond donors (Lipinski definition) is 1. The van der Waals surface area contributed by atoms with Gasteiger partial charge in [0.2, 0.25) is 5.89 Å². The monoisotopic (exact) mass is 239 g/mol. The smallest absolute Gasteiger partial charge is 0.303 e. The van der Waals surface area contributed by atoms with Gasteiger partial charge in [0.05, 0.1) is 6.42 Å². The summed E-state index contributed by atoms with van der Waals surface area (Å²) in [5, 5.41) is 12.3. The predicted octanol–water partition coefficient (Wildman–Crippen LogP) is 0.581. The lowest BCUT2D eigenvalue weighted by molar-refractivity contribution is -0.137. The summed E-state index contributed by atoms with van der Waals surface area (Å²) >= 11 is 0. The molecule has 1 unspecified atom stereocenters. The zero-order valence-electron chi connectivity index (χ0n) is 9.93. The number of likely N-dealkylation sites (tertiary alicyclic amines) is 1. The summed E-state index contributed by atoms with van der Waals surface area (Å²) in [5.74, 6) is 0.862. The molecule has 0 amide bonds. The van der Waals surface area contributed by atoms with Gasteiger partial charge in [-0.05, 0) is 25.9 Å². The molecule has 1 atom stereocenters. The number of aromatic nitrogens is 2. The fourth-order valence-electron chi connectivity index (χ4n) is 2.13. The van der Waals surface area contributed by atoms with Gasteiger partial charge >= 0.3 is 5.97 Å². The molecule has 17 heavy (non-hydrogen) atoms.